The summed E-state index contributed by atoms with van der Waals surface area (Å²) >= 11 is 0. The molecule has 0 amide bonds. The molecule has 0 spiro atoms. The summed E-state index contributed by atoms with van der Waals surface area (Å²) in [4.78, 5) is 12.7. The van der Waals surface area contributed by atoms with Gasteiger partial charge in [-0.1, -0.05) is 31.4 Å². The van der Waals surface area contributed by atoms with E-state index in [2.05, 4.69) is 20.3 Å². The summed E-state index contributed by atoms with van der Waals surface area (Å²) in [5, 5.41) is 12.5. The van der Waals surface area contributed by atoms with E-state index in [4.69, 9.17) is 0 Å². The molecule has 9 heteroatoms. The van der Waals surface area contributed by atoms with Gasteiger partial charge in [-0.05, 0) is 30.0 Å². The van der Waals surface area contributed by atoms with Gasteiger partial charge in [-0.15, -0.1) is 0 Å². The lowest BCUT2D eigenvalue weighted by molar-refractivity contribution is -0.137. The van der Waals surface area contributed by atoms with Crippen molar-refractivity contribution in [2.75, 3.05) is 11.9 Å². The Balaban J connectivity index is 1.59. The third-order valence-corrected chi connectivity index (χ3v) is 5.28. The van der Waals surface area contributed by atoms with Gasteiger partial charge >= 0.3 is 6.18 Å². The monoisotopic (exact) mass is 400 g/mol. The summed E-state index contributed by atoms with van der Waals surface area (Å²) in [7, 11) is 0. The van der Waals surface area contributed by atoms with Crippen molar-refractivity contribution in [2.45, 2.75) is 38.4 Å². The molecule has 1 N–H and O–H groups in total. The van der Waals surface area contributed by atoms with E-state index < -0.39 is 11.7 Å². The van der Waals surface area contributed by atoms with E-state index in [9.17, 15) is 18.4 Å². The fourth-order valence-electron chi connectivity index (χ4n) is 3.44. The minimum absolute atomic E-state index is 0.0309. The number of anilines is 1. The Kier molecular flexibility index (Phi) is 5.09. The first-order valence-corrected chi connectivity index (χ1v) is 9.47. The maximum absolute atomic E-state index is 12.8. The zero-order chi connectivity index (χ0) is 20.4. The van der Waals surface area contributed by atoms with Gasteiger partial charge in [-0.3, -0.25) is 0 Å². The second kappa shape index (κ2) is 7.70. The van der Waals surface area contributed by atoms with Crippen molar-refractivity contribution in [2.24, 2.45) is 5.92 Å². The number of hydrogen-bond donors (Lipinski definition) is 1. The molecule has 29 heavy (non-hydrogen) atoms. The Morgan fingerprint density at radius 2 is 1.93 bits per heavy atom. The van der Waals surface area contributed by atoms with E-state index in [1.807, 2.05) is 6.07 Å². The second-order valence-electron chi connectivity index (χ2n) is 7.26. The van der Waals surface area contributed by atoms with Gasteiger partial charge < -0.3 is 9.88 Å². The quantitative estimate of drug-likeness (QED) is 0.665. The summed E-state index contributed by atoms with van der Waals surface area (Å²) < 4.78 is 40.1. The largest absolute Gasteiger partial charge is 0.416 e. The molecular formula is C20H19F3N6. The van der Waals surface area contributed by atoms with Crippen LogP contribution in [0.5, 0.6) is 0 Å². The van der Waals surface area contributed by atoms with Crippen LogP contribution < -0.4 is 5.32 Å². The number of fused-ring (bicyclic) bond motifs is 1. The molecule has 1 aliphatic rings. The van der Waals surface area contributed by atoms with Crippen molar-refractivity contribution < 1.29 is 13.2 Å². The van der Waals surface area contributed by atoms with Gasteiger partial charge in [0, 0.05) is 13.1 Å². The van der Waals surface area contributed by atoms with E-state index in [0.717, 1.165) is 31.0 Å². The van der Waals surface area contributed by atoms with Crippen LogP contribution in [0.1, 0.15) is 42.6 Å². The Morgan fingerprint density at radius 3 is 2.55 bits per heavy atom. The SMILES string of the molecule is N#Cc1nc(NCCC2CCC2)c2c(ncn2Cc2ccc(C(F)(F)F)cc2)n1. The normalized spacial score (nSPS) is 14.6. The summed E-state index contributed by atoms with van der Waals surface area (Å²) in [6.45, 7) is 1.05. The summed E-state index contributed by atoms with van der Waals surface area (Å²) in [6.07, 6.45) is 2.00. The molecule has 2 heterocycles. The topological polar surface area (TPSA) is 79.4 Å². The molecule has 0 unspecified atom stereocenters. The van der Waals surface area contributed by atoms with Gasteiger partial charge in [0.25, 0.3) is 0 Å². The zero-order valence-electron chi connectivity index (χ0n) is 15.6. The molecule has 0 radical (unpaired) electrons. The van der Waals surface area contributed by atoms with Gasteiger partial charge in [0.2, 0.25) is 5.82 Å². The first kappa shape index (κ1) is 19.2. The molecule has 2 aromatic heterocycles. The first-order chi connectivity index (χ1) is 13.9. The van der Waals surface area contributed by atoms with Crippen LogP contribution >= 0.6 is 0 Å². The molecule has 150 valence electrons. The average Bonchev–Trinajstić information content (AvgIpc) is 3.06. The first-order valence-electron chi connectivity index (χ1n) is 9.47. The van der Waals surface area contributed by atoms with Gasteiger partial charge in [0.15, 0.2) is 11.5 Å². The number of nitrogens with one attached hydrogen (secondary N) is 1. The number of hydrogen-bond acceptors (Lipinski definition) is 5. The van der Waals surface area contributed by atoms with Gasteiger partial charge in [0.1, 0.15) is 11.6 Å². The Morgan fingerprint density at radius 1 is 1.17 bits per heavy atom. The predicted octanol–water partition coefficient (Wildman–Crippen LogP) is 4.37. The fourth-order valence-corrected chi connectivity index (χ4v) is 3.44. The Bertz CT molecular complexity index is 1040. The molecule has 4 rings (SSSR count). The lowest BCUT2D eigenvalue weighted by Crippen LogP contribution is -2.16. The summed E-state index contributed by atoms with van der Waals surface area (Å²) in [5.74, 6) is 1.28. The minimum Gasteiger partial charge on any atom is -0.368 e. The smallest absolute Gasteiger partial charge is 0.368 e. The number of rotatable bonds is 6. The lowest BCUT2D eigenvalue weighted by Gasteiger charge is -2.25. The highest BCUT2D eigenvalue weighted by Gasteiger charge is 2.30. The Hall–Kier alpha value is -3.15. The average molecular weight is 400 g/mol. The van der Waals surface area contributed by atoms with Crippen LogP contribution in [0.2, 0.25) is 0 Å². The highest BCUT2D eigenvalue weighted by atomic mass is 19.4. The van der Waals surface area contributed by atoms with Crippen molar-refractivity contribution in [1.82, 2.24) is 19.5 Å². The van der Waals surface area contributed by atoms with Crippen LogP contribution in [0.25, 0.3) is 11.2 Å². The van der Waals surface area contributed by atoms with E-state index in [0.29, 0.717) is 29.1 Å². The lowest BCUT2D eigenvalue weighted by atomic mass is 9.83. The predicted molar refractivity (Wildman–Crippen MR) is 101 cm³/mol. The minimum atomic E-state index is -4.36. The number of nitrogens with zero attached hydrogens (tertiary/aromatic N) is 5. The number of nitriles is 1. The van der Waals surface area contributed by atoms with Crippen LogP contribution in [0.3, 0.4) is 0 Å². The molecule has 1 aromatic carbocycles. The highest BCUT2D eigenvalue weighted by molar-refractivity contribution is 5.83. The third kappa shape index (κ3) is 4.16. The van der Waals surface area contributed by atoms with Crippen molar-refractivity contribution in [3.05, 3.63) is 47.5 Å². The number of halogens is 3. The zero-order valence-corrected chi connectivity index (χ0v) is 15.6. The summed E-state index contributed by atoms with van der Waals surface area (Å²) in [5.41, 5.74) is 1.03. The van der Waals surface area contributed by atoms with E-state index in [1.54, 1.807) is 10.9 Å². The van der Waals surface area contributed by atoms with E-state index in [1.165, 1.54) is 31.4 Å². The maximum atomic E-state index is 12.8. The molecule has 1 aliphatic carbocycles. The standard InChI is InChI=1S/C20H19F3N6/c21-20(22,23)15-6-4-14(5-7-15)11-29-12-26-19-17(29)18(27-16(10-24)28-19)25-9-8-13-2-1-3-13/h4-7,12-13H,1-3,8-9,11H2,(H,25,27,28). The summed E-state index contributed by atoms with van der Waals surface area (Å²) in [6, 6.07) is 6.97. The maximum Gasteiger partial charge on any atom is 0.416 e. The van der Waals surface area contributed by atoms with E-state index in [-0.39, 0.29) is 5.82 Å². The second-order valence-corrected chi connectivity index (χ2v) is 7.26. The van der Waals surface area contributed by atoms with Crippen LogP contribution in [0.15, 0.2) is 30.6 Å². The molecule has 0 atom stereocenters. The molecular weight excluding hydrogens is 381 g/mol. The van der Waals surface area contributed by atoms with Crippen LogP contribution in [-0.4, -0.2) is 26.1 Å². The number of benzene rings is 1. The van der Waals surface area contributed by atoms with Crippen molar-refractivity contribution >= 4 is 17.0 Å². The molecule has 1 fully saturated rings. The molecule has 0 aliphatic heterocycles. The van der Waals surface area contributed by atoms with Gasteiger partial charge in [0.05, 0.1) is 11.9 Å². The fraction of sp³-hybridized carbons (Fsp3) is 0.400. The van der Waals surface area contributed by atoms with Crippen molar-refractivity contribution in [1.29, 1.82) is 5.26 Å². The van der Waals surface area contributed by atoms with Crippen LogP contribution in [0.4, 0.5) is 19.0 Å². The number of aromatic nitrogens is 4. The third-order valence-electron chi connectivity index (χ3n) is 5.28. The molecule has 1 saturated carbocycles. The Labute approximate surface area is 165 Å². The molecule has 6 nitrogen and oxygen atoms in total. The van der Waals surface area contributed by atoms with Crippen molar-refractivity contribution in [3.63, 3.8) is 0 Å². The molecule has 0 saturated heterocycles. The van der Waals surface area contributed by atoms with Gasteiger partial charge in [-0.2, -0.15) is 28.4 Å². The molecule has 0 bridgehead atoms. The van der Waals surface area contributed by atoms with Gasteiger partial charge in [-0.25, -0.2) is 4.98 Å². The molecule has 3 aromatic rings. The van der Waals surface area contributed by atoms with Crippen LogP contribution in [0, 0.1) is 17.2 Å². The van der Waals surface area contributed by atoms with Crippen LogP contribution in [-0.2, 0) is 12.7 Å². The van der Waals surface area contributed by atoms with E-state index >= 15 is 0 Å². The highest BCUT2D eigenvalue weighted by Crippen LogP contribution is 2.30. The number of alkyl halides is 3. The number of imidazole rings is 1. The van der Waals surface area contributed by atoms with Crippen molar-refractivity contribution in [3.8, 4) is 6.07 Å².